The lowest BCUT2D eigenvalue weighted by Crippen LogP contribution is -2.48. The van der Waals surface area contributed by atoms with Crippen LogP contribution in [0.3, 0.4) is 0 Å². The standard InChI is InChI=1S/C12H25N3O/c1-9(2)14(4)8-11-6-5-7-15(11)12(16)10(3)13/h9-11H,5-8,13H2,1-4H3/t10-,11+/m0/s1. The Labute approximate surface area is 98.8 Å². The van der Waals surface area contributed by atoms with Gasteiger partial charge in [-0.25, -0.2) is 0 Å². The van der Waals surface area contributed by atoms with Crippen molar-refractivity contribution in [2.75, 3.05) is 20.1 Å². The van der Waals surface area contributed by atoms with Crippen molar-refractivity contribution in [1.29, 1.82) is 0 Å². The molecular weight excluding hydrogens is 202 g/mol. The van der Waals surface area contributed by atoms with Crippen molar-refractivity contribution in [1.82, 2.24) is 9.80 Å². The quantitative estimate of drug-likeness (QED) is 0.768. The SMILES string of the molecule is CC(C)N(C)C[C@H]1CCCN1C(=O)[C@H](C)N. The van der Waals surface area contributed by atoms with Gasteiger partial charge in [-0.1, -0.05) is 0 Å². The molecular formula is C12H25N3O. The number of hydrogen-bond acceptors (Lipinski definition) is 3. The van der Waals surface area contributed by atoms with Crippen LogP contribution in [-0.4, -0.2) is 54.0 Å². The molecule has 94 valence electrons. The van der Waals surface area contributed by atoms with Gasteiger partial charge >= 0.3 is 0 Å². The third-order valence-electron chi connectivity index (χ3n) is 3.43. The fourth-order valence-corrected chi connectivity index (χ4v) is 2.12. The molecule has 0 spiro atoms. The van der Waals surface area contributed by atoms with Crippen LogP contribution in [0, 0.1) is 0 Å². The van der Waals surface area contributed by atoms with Crippen LogP contribution in [0.1, 0.15) is 33.6 Å². The predicted molar refractivity (Wildman–Crippen MR) is 66.2 cm³/mol. The second-order valence-electron chi connectivity index (χ2n) is 5.15. The fraction of sp³-hybridized carbons (Fsp3) is 0.917. The van der Waals surface area contributed by atoms with Crippen LogP contribution < -0.4 is 5.73 Å². The summed E-state index contributed by atoms with van der Waals surface area (Å²) in [6.45, 7) is 7.94. The average Bonchev–Trinajstić information content (AvgIpc) is 2.64. The van der Waals surface area contributed by atoms with E-state index < -0.39 is 0 Å². The van der Waals surface area contributed by atoms with Crippen molar-refractivity contribution in [3.05, 3.63) is 0 Å². The van der Waals surface area contributed by atoms with Gasteiger partial charge in [-0.3, -0.25) is 4.79 Å². The Morgan fingerprint density at radius 3 is 2.62 bits per heavy atom. The smallest absolute Gasteiger partial charge is 0.239 e. The molecule has 4 nitrogen and oxygen atoms in total. The maximum Gasteiger partial charge on any atom is 0.239 e. The number of nitrogens with two attached hydrogens (primary N) is 1. The van der Waals surface area contributed by atoms with E-state index in [0.29, 0.717) is 12.1 Å². The van der Waals surface area contributed by atoms with Gasteiger partial charge < -0.3 is 15.5 Å². The molecule has 0 bridgehead atoms. The lowest BCUT2D eigenvalue weighted by molar-refractivity contribution is -0.133. The minimum atomic E-state index is -0.370. The zero-order chi connectivity index (χ0) is 12.3. The molecule has 1 heterocycles. The van der Waals surface area contributed by atoms with Gasteiger partial charge in [-0.15, -0.1) is 0 Å². The molecule has 1 fully saturated rings. The minimum Gasteiger partial charge on any atom is -0.337 e. The molecule has 0 saturated carbocycles. The summed E-state index contributed by atoms with van der Waals surface area (Å²) in [6.07, 6.45) is 2.21. The van der Waals surface area contributed by atoms with Crippen molar-refractivity contribution in [2.45, 2.75) is 51.7 Å². The number of amides is 1. The molecule has 2 atom stereocenters. The summed E-state index contributed by atoms with van der Waals surface area (Å²) < 4.78 is 0. The number of nitrogens with zero attached hydrogens (tertiary/aromatic N) is 2. The number of carbonyl (C=O) groups excluding carboxylic acids is 1. The third-order valence-corrected chi connectivity index (χ3v) is 3.43. The van der Waals surface area contributed by atoms with E-state index in [1.807, 2.05) is 4.90 Å². The Hall–Kier alpha value is -0.610. The van der Waals surface area contributed by atoms with Gasteiger partial charge in [0.25, 0.3) is 0 Å². The van der Waals surface area contributed by atoms with Crippen molar-refractivity contribution >= 4 is 5.91 Å². The Kier molecular flexibility index (Phi) is 4.74. The van der Waals surface area contributed by atoms with E-state index in [4.69, 9.17) is 5.73 Å². The van der Waals surface area contributed by atoms with Gasteiger partial charge in [0.05, 0.1) is 6.04 Å². The van der Waals surface area contributed by atoms with Gasteiger partial charge in [0, 0.05) is 25.2 Å². The number of likely N-dealkylation sites (N-methyl/N-ethyl adjacent to an activating group) is 1. The first kappa shape index (κ1) is 13.5. The van der Waals surface area contributed by atoms with Gasteiger partial charge in [0.2, 0.25) is 5.91 Å². The van der Waals surface area contributed by atoms with Crippen LogP contribution in [0.5, 0.6) is 0 Å². The van der Waals surface area contributed by atoms with Crippen LogP contribution in [0.15, 0.2) is 0 Å². The van der Waals surface area contributed by atoms with E-state index in [2.05, 4.69) is 25.8 Å². The molecule has 1 amide bonds. The Morgan fingerprint density at radius 1 is 1.50 bits per heavy atom. The van der Waals surface area contributed by atoms with E-state index in [1.54, 1.807) is 6.92 Å². The Morgan fingerprint density at radius 2 is 2.12 bits per heavy atom. The summed E-state index contributed by atoms with van der Waals surface area (Å²) in [5.41, 5.74) is 5.66. The van der Waals surface area contributed by atoms with Gasteiger partial charge in [-0.05, 0) is 40.7 Å². The van der Waals surface area contributed by atoms with Crippen LogP contribution >= 0.6 is 0 Å². The highest BCUT2D eigenvalue weighted by Gasteiger charge is 2.30. The van der Waals surface area contributed by atoms with Crippen LogP contribution in [0.2, 0.25) is 0 Å². The van der Waals surface area contributed by atoms with Gasteiger partial charge in [-0.2, -0.15) is 0 Å². The highest BCUT2D eigenvalue weighted by molar-refractivity contribution is 5.81. The Bertz CT molecular complexity index is 240. The number of rotatable bonds is 4. The second kappa shape index (κ2) is 5.64. The van der Waals surface area contributed by atoms with E-state index >= 15 is 0 Å². The van der Waals surface area contributed by atoms with E-state index in [0.717, 1.165) is 25.9 Å². The molecule has 0 radical (unpaired) electrons. The molecule has 1 rings (SSSR count). The molecule has 0 unspecified atom stereocenters. The number of likely N-dealkylation sites (tertiary alicyclic amines) is 1. The van der Waals surface area contributed by atoms with Gasteiger partial charge in [0.1, 0.15) is 0 Å². The lowest BCUT2D eigenvalue weighted by Gasteiger charge is -2.31. The van der Waals surface area contributed by atoms with Crippen molar-refractivity contribution in [3.63, 3.8) is 0 Å². The molecule has 16 heavy (non-hydrogen) atoms. The average molecular weight is 227 g/mol. The molecule has 4 heteroatoms. The first-order chi connectivity index (χ1) is 7.43. The maximum atomic E-state index is 11.9. The summed E-state index contributed by atoms with van der Waals surface area (Å²) in [4.78, 5) is 16.1. The molecule has 0 aromatic heterocycles. The lowest BCUT2D eigenvalue weighted by atomic mass is 10.2. The molecule has 1 saturated heterocycles. The van der Waals surface area contributed by atoms with Gasteiger partial charge in [0.15, 0.2) is 0 Å². The van der Waals surface area contributed by atoms with Crippen molar-refractivity contribution < 1.29 is 4.79 Å². The normalized spacial score (nSPS) is 23.2. The molecule has 2 N–H and O–H groups in total. The summed E-state index contributed by atoms with van der Waals surface area (Å²) in [5, 5.41) is 0. The molecule has 0 aromatic carbocycles. The predicted octanol–water partition coefficient (Wildman–Crippen LogP) is 0.665. The Balaban J connectivity index is 2.56. The first-order valence-corrected chi connectivity index (χ1v) is 6.19. The number of carbonyl (C=O) groups is 1. The monoisotopic (exact) mass is 227 g/mol. The minimum absolute atomic E-state index is 0.0969. The zero-order valence-corrected chi connectivity index (χ0v) is 10.9. The third kappa shape index (κ3) is 3.19. The summed E-state index contributed by atoms with van der Waals surface area (Å²) in [6, 6.07) is 0.503. The van der Waals surface area contributed by atoms with Crippen LogP contribution in [0.4, 0.5) is 0 Å². The first-order valence-electron chi connectivity index (χ1n) is 6.19. The van der Waals surface area contributed by atoms with E-state index in [1.165, 1.54) is 0 Å². The highest BCUT2D eigenvalue weighted by Crippen LogP contribution is 2.19. The summed E-state index contributed by atoms with van der Waals surface area (Å²) in [7, 11) is 2.11. The van der Waals surface area contributed by atoms with Crippen LogP contribution in [-0.2, 0) is 4.79 Å². The molecule has 0 aromatic rings. The summed E-state index contributed by atoms with van der Waals surface area (Å²) in [5.74, 6) is 0.0969. The topological polar surface area (TPSA) is 49.6 Å². The summed E-state index contributed by atoms with van der Waals surface area (Å²) >= 11 is 0. The largest absolute Gasteiger partial charge is 0.337 e. The molecule has 0 aliphatic carbocycles. The van der Waals surface area contributed by atoms with Crippen molar-refractivity contribution in [2.24, 2.45) is 5.73 Å². The highest BCUT2D eigenvalue weighted by atomic mass is 16.2. The van der Waals surface area contributed by atoms with E-state index in [9.17, 15) is 4.79 Å². The molecule has 1 aliphatic heterocycles. The zero-order valence-electron chi connectivity index (χ0n) is 10.9. The van der Waals surface area contributed by atoms with Crippen molar-refractivity contribution in [3.8, 4) is 0 Å². The number of hydrogen-bond donors (Lipinski definition) is 1. The molecule has 1 aliphatic rings. The second-order valence-corrected chi connectivity index (χ2v) is 5.15. The maximum absolute atomic E-state index is 11.9. The van der Waals surface area contributed by atoms with Crippen LogP contribution in [0.25, 0.3) is 0 Å². The van der Waals surface area contributed by atoms with E-state index in [-0.39, 0.29) is 11.9 Å². The fourth-order valence-electron chi connectivity index (χ4n) is 2.12.